The molecule has 0 aliphatic heterocycles. The van der Waals surface area contributed by atoms with Gasteiger partial charge in [0.05, 0.1) is 0 Å². The maximum atomic E-state index is 9.32. The Morgan fingerprint density at radius 3 is 1.31 bits per heavy atom. The highest BCUT2D eigenvalue weighted by Gasteiger charge is 2.05. The molecule has 0 radical (unpaired) electrons. The van der Waals surface area contributed by atoms with Gasteiger partial charge in [0.25, 0.3) is 0 Å². The van der Waals surface area contributed by atoms with E-state index in [2.05, 4.69) is 23.7 Å². The lowest BCUT2D eigenvalue weighted by Gasteiger charge is -2.06. The van der Waals surface area contributed by atoms with E-state index in [1.165, 1.54) is 0 Å². The molecular weight excluding hydrogens is 200 g/mol. The van der Waals surface area contributed by atoms with E-state index >= 15 is 0 Å². The van der Waals surface area contributed by atoms with E-state index in [1.54, 1.807) is 27.7 Å². The van der Waals surface area contributed by atoms with E-state index in [4.69, 9.17) is 0 Å². The van der Waals surface area contributed by atoms with Gasteiger partial charge in [-0.3, -0.25) is 0 Å². The predicted molar refractivity (Wildman–Crippen MR) is 66.6 cm³/mol. The van der Waals surface area contributed by atoms with E-state index in [0.717, 1.165) is 25.7 Å². The summed E-state index contributed by atoms with van der Waals surface area (Å²) in [6.45, 7) is 6.70. The van der Waals surface area contributed by atoms with Crippen molar-refractivity contribution in [2.24, 2.45) is 0 Å². The van der Waals surface area contributed by atoms with Crippen LogP contribution < -0.4 is 0 Å². The molecule has 16 heavy (non-hydrogen) atoms. The summed E-state index contributed by atoms with van der Waals surface area (Å²) in [5.41, 5.74) is -1.78. The van der Waals surface area contributed by atoms with Crippen molar-refractivity contribution in [2.75, 3.05) is 0 Å². The molecule has 0 amide bonds. The van der Waals surface area contributed by atoms with Gasteiger partial charge in [-0.25, -0.2) is 0 Å². The molecule has 0 aliphatic rings. The van der Waals surface area contributed by atoms with Gasteiger partial charge in [0.2, 0.25) is 0 Å². The Hall–Kier alpha value is -0.960. The Balaban J connectivity index is 3.61. The lowest BCUT2D eigenvalue weighted by molar-refractivity contribution is 0.143. The van der Waals surface area contributed by atoms with Crippen LogP contribution in [0.5, 0.6) is 0 Å². The lowest BCUT2D eigenvalue weighted by Crippen LogP contribution is -2.14. The molecule has 0 heterocycles. The lowest BCUT2D eigenvalue weighted by atomic mass is 10.1. The molecule has 0 atom stereocenters. The minimum absolute atomic E-state index is 0.786. The fraction of sp³-hybridized carbons (Fsp3) is 0.714. The number of hydrogen-bond acceptors (Lipinski definition) is 2. The Labute approximate surface area is 99.1 Å². The molecule has 0 unspecified atom stereocenters. The summed E-state index contributed by atoms with van der Waals surface area (Å²) in [5, 5.41) is 18.6. The molecule has 0 aromatic carbocycles. The third-order valence-corrected chi connectivity index (χ3v) is 1.64. The Morgan fingerprint density at radius 2 is 1.06 bits per heavy atom. The highest BCUT2D eigenvalue weighted by Crippen LogP contribution is 2.02. The summed E-state index contributed by atoms with van der Waals surface area (Å²) in [4.78, 5) is 0. The molecular formula is C14H22O2. The van der Waals surface area contributed by atoms with Crippen molar-refractivity contribution in [1.82, 2.24) is 0 Å². The topological polar surface area (TPSA) is 40.5 Å². The van der Waals surface area contributed by atoms with E-state index in [1.807, 2.05) is 0 Å². The predicted octanol–water partition coefficient (Wildman–Crippen LogP) is 2.10. The normalized spacial score (nSPS) is 11.1. The summed E-state index contributed by atoms with van der Waals surface area (Å²) < 4.78 is 0. The SMILES string of the molecule is CC(C)(O)C#CCCCCC#CC(C)(C)O. The molecule has 0 aromatic heterocycles. The molecule has 0 aromatic rings. The van der Waals surface area contributed by atoms with Crippen molar-refractivity contribution < 1.29 is 10.2 Å². The van der Waals surface area contributed by atoms with E-state index < -0.39 is 11.2 Å². The molecule has 2 nitrogen and oxygen atoms in total. The first kappa shape index (κ1) is 15.0. The van der Waals surface area contributed by atoms with Gasteiger partial charge >= 0.3 is 0 Å². The highest BCUT2D eigenvalue weighted by atomic mass is 16.3. The largest absolute Gasteiger partial charge is 0.378 e. The summed E-state index contributed by atoms with van der Waals surface area (Å²) in [6.07, 6.45) is 3.52. The van der Waals surface area contributed by atoms with E-state index in [-0.39, 0.29) is 0 Å². The maximum Gasteiger partial charge on any atom is 0.119 e. The van der Waals surface area contributed by atoms with Gasteiger partial charge in [-0.1, -0.05) is 11.8 Å². The van der Waals surface area contributed by atoms with Crippen molar-refractivity contribution >= 4 is 0 Å². The zero-order valence-corrected chi connectivity index (χ0v) is 10.7. The van der Waals surface area contributed by atoms with Crippen LogP contribution in [0.4, 0.5) is 0 Å². The van der Waals surface area contributed by atoms with Crippen LogP contribution >= 0.6 is 0 Å². The van der Waals surface area contributed by atoms with Gasteiger partial charge in [0.1, 0.15) is 11.2 Å². The monoisotopic (exact) mass is 222 g/mol. The molecule has 2 heteroatoms. The van der Waals surface area contributed by atoms with Crippen molar-refractivity contribution in [3.63, 3.8) is 0 Å². The molecule has 90 valence electrons. The highest BCUT2D eigenvalue weighted by molar-refractivity contribution is 5.11. The minimum Gasteiger partial charge on any atom is -0.378 e. The van der Waals surface area contributed by atoms with E-state index in [9.17, 15) is 10.2 Å². The molecule has 0 bridgehead atoms. The van der Waals surface area contributed by atoms with Crippen LogP contribution in [0.1, 0.15) is 53.4 Å². The third kappa shape index (κ3) is 13.0. The summed E-state index contributed by atoms with van der Waals surface area (Å²) in [7, 11) is 0. The Bertz CT molecular complexity index is 273. The standard InChI is InChI=1S/C14H22O2/c1-13(2,15)11-9-7-5-6-8-10-12-14(3,4)16/h15-16H,5-8H2,1-4H3. The van der Waals surface area contributed by atoms with Gasteiger partial charge in [-0.15, -0.1) is 11.8 Å². The molecule has 0 fully saturated rings. The first-order chi connectivity index (χ1) is 7.21. The Kier molecular flexibility index (Phi) is 6.19. The second-order valence-corrected chi connectivity index (χ2v) is 4.93. The van der Waals surface area contributed by atoms with Gasteiger partial charge in [0.15, 0.2) is 0 Å². The van der Waals surface area contributed by atoms with E-state index in [0.29, 0.717) is 0 Å². The van der Waals surface area contributed by atoms with Gasteiger partial charge in [0, 0.05) is 12.8 Å². The molecule has 0 rings (SSSR count). The van der Waals surface area contributed by atoms with Crippen LogP contribution in [0.25, 0.3) is 0 Å². The second-order valence-electron chi connectivity index (χ2n) is 4.93. The number of unbranched alkanes of at least 4 members (excludes halogenated alkanes) is 3. The zero-order chi connectivity index (χ0) is 12.7. The molecule has 2 N–H and O–H groups in total. The third-order valence-electron chi connectivity index (χ3n) is 1.64. The molecule has 0 saturated carbocycles. The minimum atomic E-state index is -0.888. The fourth-order valence-electron chi connectivity index (χ4n) is 0.984. The molecule has 0 aliphatic carbocycles. The van der Waals surface area contributed by atoms with Crippen LogP contribution in [0.15, 0.2) is 0 Å². The Morgan fingerprint density at radius 1 is 0.750 bits per heavy atom. The molecule has 0 spiro atoms. The average Bonchev–Trinajstić information content (AvgIpc) is 2.06. The number of rotatable bonds is 3. The summed E-state index contributed by atoms with van der Waals surface area (Å²) in [6, 6.07) is 0. The fourth-order valence-corrected chi connectivity index (χ4v) is 0.984. The van der Waals surface area contributed by atoms with Gasteiger partial charge in [-0.2, -0.15) is 0 Å². The van der Waals surface area contributed by atoms with Crippen molar-refractivity contribution in [3.05, 3.63) is 0 Å². The first-order valence-electron chi connectivity index (χ1n) is 5.65. The number of aliphatic hydroxyl groups is 2. The van der Waals surface area contributed by atoms with Crippen LogP contribution in [-0.2, 0) is 0 Å². The first-order valence-corrected chi connectivity index (χ1v) is 5.65. The van der Waals surface area contributed by atoms with Crippen LogP contribution in [-0.4, -0.2) is 21.4 Å². The van der Waals surface area contributed by atoms with Crippen LogP contribution in [0.3, 0.4) is 0 Å². The van der Waals surface area contributed by atoms with Crippen LogP contribution in [0.2, 0.25) is 0 Å². The smallest absolute Gasteiger partial charge is 0.119 e. The number of hydrogen-bond donors (Lipinski definition) is 2. The van der Waals surface area contributed by atoms with Crippen LogP contribution in [0, 0.1) is 23.7 Å². The quantitative estimate of drug-likeness (QED) is 0.567. The second kappa shape index (κ2) is 6.59. The molecule has 0 saturated heterocycles. The van der Waals surface area contributed by atoms with Gasteiger partial charge < -0.3 is 10.2 Å². The van der Waals surface area contributed by atoms with Gasteiger partial charge in [-0.05, 0) is 40.5 Å². The zero-order valence-electron chi connectivity index (χ0n) is 10.7. The maximum absolute atomic E-state index is 9.32. The van der Waals surface area contributed by atoms with Crippen molar-refractivity contribution in [1.29, 1.82) is 0 Å². The summed E-state index contributed by atoms with van der Waals surface area (Å²) in [5.74, 6) is 11.4. The summed E-state index contributed by atoms with van der Waals surface area (Å²) >= 11 is 0. The van der Waals surface area contributed by atoms with Crippen molar-refractivity contribution in [3.8, 4) is 23.7 Å². The van der Waals surface area contributed by atoms with Crippen molar-refractivity contribution in [2.45, 2.75) is 64.6 Å². The average molecular weight is 222 g/mol.